The molecule has 4 nitrogen and oxygen atoms in total. The van der Waals surface area contributed by atoms with Gasteiger partial charge in [-0.1, -0.05) is 15.9 Å². The summed E-state index contributed by atoms with van der Waals surface area (Å²) in [5, 5.41) is 18.0. The molecule has 0 amide bonds. The van der Waals surface area contributed by atoms with Gasteiger partial charge in [-0.05, 0) is 12.1 Å². The van der Waals surface area contributed by atoms with E-state index < -0.39 is 13.4 Å². The Bertz CT molecular complexity index is 412. The van der Waals surface area contributed by atoms with E-state index in [9.17, 15) is 8.78 Å². The molecule has 0 aromatic heterocycles. The van der Waals surface area contributed by atoms with Crippen LogP contribution in [0.25, 0.3) is 0 Å². The number of fused-ring (bicyclic) bond motifs is 1. The molecule has 80 valence electrons. The Morgan fingerprint density at radius 1 is 1.27 bits per heavy atom. The minimum atomic E-state index is -3.77. The summed E-state index contributed by atoms with van der Waals surface area (Å²) in [6, 6.07) is 2.60. The molecule has 0 fully saturated rings. The van der Waals surface area contributed by atoms with E-state index in [0.717, 1.165) is 0 Å². The second-order valence-corrected chi connectivity index (χ2v) is 3.68. The SMILES string of the molecule is OB(O)c1c(Br)ccc2c1OC(F)(F)O2. The predicted octanol–water partition coefficient (Wildman–Crippen LogP) is 0.450. The molecule has 1 aromatic carbocycles. The van der Waals surface area contributed by atoms with Crippen LogP contribution in [-0.4, -0.2) is 23.5 Å². The Labute approximate surface area is 91.7 Å². The summed E-state index contributed by atoms with van der Waals surface area (Å²) in [6.07, 6.45) is -3.77. The molecule has 2 N–H and O–H groups in total. The monoisotopic (exact) mass is 280 g/mol. The number of hydrogen-bond donors (Lipinski definition) is 2. The topological polar surface area (TPSA) is 58.9 Å². The number of alkyl halides is 2. The van der Waals surface area contributed by atoms with E-state index in [2.05, 4.69) is 25.4 Å². The van der Waals surface area contributed by atoms with Crippen LogP contribution < -0.4 is 14.9 Å². The smallest absolute Gasteiger partial charge is 0.423 e. The van der Waals surface area contributed by atoms with Crippen molar-refractivity contribution < 1.29 is 28.3 Å². The highest BCUT2D eigenvalue weighted by Gasteiger charge is 2.46. The normalized spacial score (nSPS) is 16.6. The fourth-order valence-electron chi connectivity index (χ4n) is 1.25. The number of benzene rings is 1. The van der Waals surface area contributed by atoms with Crippen molar-refractivity contribution >= 4 is 28.5 Å². The molecule has 0 unspecified atom stereocenters. The second kappa shape index (κ2) is 3.33. The number of hydrogen-bond acceptors (Lipinski definition) is 4. The molecule has 0 radical (unpaired) electrons. The Balaban J connectivity index is 2.55. The molecule has 0 spiro atoms. The highest BCUT2D eigenvalue weighted by atomic mass is 79.9. The quantitative estimate of drug-likeness (QED) is 0.734. The first-order chi connectivity index (χ1) is 6.91. The van der Waals surface area contributed by atoms with Crippen LogP contribution in [0.3, 0.4) is 0 Å². The summed E-state index contributed by atoms with van der Waals surface area (Å²) in [7, 11) is -1.92. The molecule has 15 heavy (non-hydrogen) atoms. The van der Waals surface area contributed by atoms with Crippen molar-refractivity contribution in [3.63, 3.8) is 0 Å². The van der Waals surface area contributed by atoms with E-state index in [0.29, 0.717) is 0 Å². The van der Waals surface area contributed by atoms with Crippen molar-refractivity contribution in [1.29, 1.82) is 0 Å². The van der Waals surface area contributed by atoms with E-state index in [1.54, 1.807) is 0 Å². The number of halogens is 3. The van der Waals surface area contributed by atoms with Crippen LogP contribution in [-0.2, 0) is 0 Å². The van der Waals surface area contributed by atoms with Gasteiger partial charge in [0.15, 0.2) is 11.5 Å². The Morgan fingerprint density at radius 3 is 2.53 bits per heavy atom. The van der Waals surface area contributed by atoms with Gasteiger partial charge in [0.2, 0.25) is 0 Å². The van der Waals surface area contributed by atoms with Gasteiger partial charge >= 0.3 is 13.4 Å². The van der Waals surface area contributed by atoms with Gasteiger partial charge in [0, 0.05) is 9.94 Å². The van der Waals surface area contributed by atoms with Crippen LogP contribution in [0.5, 0.6) is 11.5 Å². The fraction of sp³-hybridized carbons (Fsp3) is 0.143. The van der Waals surface area contributed by atoms with Gasteiger partial charge in [-0.2, -0.15) is 0 Å². The summed E-state index contributed by atoms with van der Waals surface area (Å²) in [5.74, 6) is -0.601. The molecule has 0 atom stereocenters. The molecule has 0 saturated carbocycles. The molecule has 0 aliphatic carbocycles. The fourth-order valence-corrected chi connectivity index (χ4v) is 1.77. The molecule has 2 rings (SSSR count). The van der Waals surface area contributed by atoms with Gasteiger partial charge in [-0.15, -0.1) is 8.78 Å². The van der Waals surface area contributed by atoms with Gasteiger partial charge in [-0.25, -0.2) is 0 Å². The first-order valence-electron chi connectivity index (χ1n) is 3.85. The molecule has 0 bridgehead atoms. The van der Waals surface area contributed by atoms with Crippen molar-refractivity contribution in [2.75, 3.05) is 0 Å². The Morgan fingerprint density at radius 2 is 1.93 bits per heavy atom. The van der Waals surface area contributed by atoms with Gasteiger partial charge in [0.25, 0.3) is 0 Å². The van der Waals surface area contributed by atoms with Crippen LogP contribution in [0.4, 0.5) is 8.78 Å². The molecule has 8 heteroatoms. The van der Waals surface area contributed by atoms with Gasteiger partial charge < -0.3 is 19.5 Å². The van der Waals surface area contributed by atoms with E-state index in [1.807, 2.05) is 0 Å². The zero-order valence-corrected chi connectivity index (χ0v) is 8.66. The highest BCUT2D eigenvalue weighted by Crippen LogP contribution is 2.40. The van der Waals surface area contributed by atoms with Crippen LogP contribution in [0.15, 0.2) is 16.6 Å². The average Bonchev–Trinajstić information content (AvgIpc) is 2.37. The average molecular weight is 281 g/mol. The maximum Gasteiger partial charge on any atom is 0.586 e. The van der Waals surface area contributed by atoms with Gasteiger partial charge in [0.1, 0.15) is 0 Å². The van der Waals surface area contributed by atoms with E-state index >= 15 is 0 Å². The second-order valence-electron chi connectivity index (χ2n) is 2.83. The van der Waals surface area contributed by atoms with Crippen molar-refractivity contribution in [3.05, 3.63) is 16.6 Å². The third-order valence-corrected chi connectivity index (χ3v) is 2.51. The van der Waals surface area contributed by atoms with Gasteiger partial charge in [0.05, 0.1) is 0 Å². The van der Waals surface area contributed by atoms with Crippen LogP contribution in [0.2, 0.25) is 0 Å². The zero-order valence-electron chi connectivity index (χ0n) is 7.08. The molecule has 1 aliphatic rings. The van der Waals surface area contributed by atoms with Crippen LogP contribution >= 0.6 is 15.9 Å². The lowest BCUT2D eigenvalue weighted by Crippen LogP contribution is -2.33. The molecule has 1 aromatic rings. The summed E-state index contributed by atoms with van der Waals surface area (Å²) in [6.45, 7) is 0. The van der Waals surface area contributed by atoms with Crippen molar-refractivity contribution in [1.82, 2.24) is 0 Å². The Hall–Kier alpha value is -0.855. The number of ether oxygens (including phenoxy) is 2. The maximum absolute atomic E-state index is 12.7. The third-order valence-electron chi connectivity index (χ3n) is 1.81. The summed E-state index contributed by atoms with van der Waals surface area (Å²) in [5.41, 5.74) is -0.190. The minimum absolute atomic E-state index is 0.190. The molecular formula is C7H4BBrF2O4. The summed E-state index contributed by atoms with van der Waals surface area (Å²) >= 11 is 2.99. The van der Waals surface area contributed by atoms with E-state index in [-0.39, 0.29) is 21.4 Å². The van der Waals surface area contributed by atoms with E-state index in [4.69, 9.17) is 10.0 Å². The van der Waals surface area contributed by atoms with Crippen LogP contribution in [0.1, 0.15) is 0 Å². The standard InChI is InChI=1S/C7H4BBrF2O4/c9-3-1-2-4-6(5(3)8(12)13)15-7(10,11)14-4/h1-2,12-13H. The lowest BCUT2D eigenvalue weighted by molar-refractivity contribution is -0.286. The van der Waals surface area contributed by atoms with Crippen LogP contribution in [0, 0.1) is 0 Å². The summed E-state index contributed by atoms with van der Waals surface area (Å²) in [4.78, 5) is 0. The maximum atomic E-state index is 12.7. The molecule has 0 saturated heterocycles. The van der Waals surface area contributed by atoms with Crippen molar-refractivity contribution in [2.45, 2.75) is 6.29 Å². The largest absolute Gasteiger partial charge is 0.586 e. The van der Waals surface area contributed by atoms with Gasteiger partial charge in [-0.3, -0.25) is 0 Å². The van der Waals surface area contributed by atoms with Crippen molar-refractivity contribution in [2.24, 2.45) is 0 Å². The predicted molar refractivity (Wildman–Crippen MR) is 50.2 cm³/mol. The van der Waals surface area contributed by atoms with Crippen molar-refractivity contribution in [3.8, 4) is 11.5 Å². The molecule has 1 aliphatic heterocycles. The Kier molecular flexibility index (Phi) is 2.36. The third kappa shape index (κ3) is 1.80. The first-order valence-corrected chi connectivity index (χ1v) is 4.64. The lowest BCUT2D eigenvalue weighted by atomic mass is 9.79. The molecule has 1 heterocycles. The highest BCUT2D eigenvalue weighted by molar-refractivity contribution is 9.10. The minimum Gasteiger partial charge on any atom is -0.423 e. The zero-order chi connectivity index (χ0) is 11.2. The summed E-state index contributed by atoms with van der Waals surface area (Å²) < 4.78 is 33.9. The number of rotatable bonds is 1. The lowest BCUT2D eigenvalue weighted by Gasteiger charge is -2.07. The first kappa shape index (κ1) is 10.7. The molecular weight excluding hydrogens is 277 g/mol. The van der Waals surface area contributed by atoms with E-state index in [1.165, 1.54) is 12.1 Å².